The summed E-state index contributed by atoms with van der Waals surface area (Å²) < 4.78 is 7.11. The van der Waals surface area contributed by atoms with Crippen LogP contribution in [0.4, 0.5) is 0 Å². The molecule has 2 aromatic heterocycles. The highest BCUT2D eigenvalue weighted by Gasteiger charge is 2.38. The van der Waals surface area contributed by atoms with Crippen LogP contribution in [0, 0.1) is 0 Å². The third-order valence-electron chi connectivity index (χ3n) is 4.84. The van der Waals surface area contributed by atoms with Crippen molar-refractivity contribution in [2.75, 3.05) is 13.1 Å². The Morgan fingerprint density at radius 3 is 2.96 bits per heavy atom. The molecule has 0 amide bonds. The number of hydrogen-bond acceptors (Lipinski definition) is 7. The maximum Gasteiger partial charge on any atom is 0.229 e. The van der Waals surface area contributed by atoms with Crippen molar-refractivity contribution in [1.82, 2.24) is 30.0 Å². The molecule has 8 heteroatoms. The molecule has 2 aromatic rings. The largest absolute Gasteiger partial charge is 0.382 e. The zero-order chi connectivity index (χ0) is 16.7. The first kappa shape index (κ1) is 15.7. The summed E-state index contributed by atoms with van der Waals surface area (Å²) in [6.07, 6.45) is 5.75. The second-order valence-corrected chi connectivity index (χ2v) is 7.35. The van der Waals surface area contributed by atoms with Crippen molar-refractivity contribution in [1.29, 1.82) is 0 Å². The van der Waals surface area contributed by atoms with Crippen molar-refractivity contribution in [3.05, 3.63) is 23.6 Å². The van der Waals surface area contributed by atoms with Crippen LogP contribution >= 0.6 is 0 Å². The van der Waals surface area contributed by atoms with Gasteiger partial charge in [0.05, 0.1) is 12.7 Å². The lowest BCUT2D eigenvalue weighted by atomic mass is 9.90. The maximum absolute atomic E-state index is 11.1. The summed E-state index contributed by atoms with van der Waals surface area (Å²) in [5.74, 6) is 1.93. The van der Waals surface area contributed by atoms with E-state index in [0.717, 1.165) is 31.7 Å². The summed E-state index contributed by atoms with van der Waals surface area (Å²) in [7, 11) is 0. The van der Waals surface area contributed by atoms with E-state index >= 15 is 0 Å². The van der Waals surface area contributed by atoms with Crippen LogP contribution in [-0.4, -0.2) is 48.2 Å². The zero-order valence-corrected chi connectivity index (χ0v) is 14.2. The molecule has 8 nitrogen and oxygen atoms in total. The normalized spacial score (nSPS) is 25.5. The predicted molar refractivity (Wildman–Crippen MR) is 85.1 cm³/mol. The van der Waals surface area contributed by atoms with E-state index in [2.05, 4.69) is 25.4 Å². The standard InChI is InChI=1S/C16H24N6O2/c1-11(2)22-8-13(18-20-22)16(23)6-3-7-21(10-16)9-14-17-15(24-19-14)12-4-5-12/h8,11-12,23H,3-7,9-10H2,1-2H3/t16-/m0/s1. The number of hydrogen-bond donors (Lipinski definition) is 1. The molecule has 1 saturated carbocycles. The molecule has 0 radical (unpaired) electrons. The van der Waals surface area contributed by atoms with Crippen LogP contribution in [0.1, 0.15) is 68.9 Å². The van der Waals surface area contributed by atoms with Gasteiger partial charge in [-0.15, -0.1) is 5.10 Å². The summed E-state index contributed by atoms with van der Waals surface area (Å²) >= 11 is 0. The minimum atomic E-state index is -0.964. The number of β-amino-alcohol motifs (C(OH)–C–C–N with tert-alkyl or cyclic N) is 1. The number of aromatic nitrogens is 5. The van der Waals surface area contributed by atoms with Gasteiger partial charge in [-0.3, -0.25) is 4.90 Å². The van der Waals surface area contributed by atoms with Gasteiger partial charge < -0.3 is 9.63 Å². The lowest BCUT2D eigenvalue weighted by molar-refractivity contribution is -0.0422. The molecule has 1 aliphatic carbocycles. The molecule has 4 rings (SSSR count). The molecule has 24 heavy (non-hydrogen) atoms. The molecule has 3 heterocycles. The number of aliphatic hydroxyl groups is 1. The van der Waals surface area contributed by atoms with E-state index in [1.165, 1.54) is 0 Å². The molecule has 0 unspecified atom stereocenters. The van der Waals surface area contributed by atoms with Crippen LogP contribution in [-0.2, 0) is 12.1 Å². The Bertz CT molecular complexity index is 707. The van der Waals surface area contributed by atoms with E-state index in [-0.39, 0.29) is 6.04 Å². The van der Waals surface area contributed by atoms with Crippen molar-refractivity contribution in [3.63, 3.8) is 0 Å². The SMILES string of the molecule is CC(C)n1cc([C@]2(O)CCCN(Cc3noc(C4CC4)n3)C2)nn1. The van der Waals surface area contributed by atoms with E-state index in [1.54, 1.807) is 4.68 Å². The average Bonchev–Trinajstić information content (AvgIpc) is 3.08. The van der Waals surface area contributed by atoms with Gasteiger partial charge in [0.1, 0.15) is 11.3 Å². The lowest BCUT2D eigenvalue weighted by Gasteiger charge is -2.37. The van der Waals surface area contributed by atoms with Gasteiger partial charge in [0.2, 0.25) is 5.89 Å². The summed E-state index contributed by atoms with van der Waals surface area (Å²) in [5.41, 5.74) is -0.318. The zero-order valence-electron chi connectivity index (χ0n) is 14.2. The Kier molecular flexibility index (Phi) is 3.88. The Morgan fingerprint density at radius 1 is 1.42 bits per heavy atom. The van der Waals surface area contributed by atoms with Gasteiger partial charge >= 0.3 is 0 Å². The van der Waals surface area contributed by atoms with Crippen molar-refractivity contribution in [2.24, 2.45) is 0 Å². The molecule has 0 spiro atoms. The first-order chi connectivity index (χ1) is 11.5. The summed E-state index contributed by atoms with van der Waals surface area (Å²) in [6.45, 7) is 6.11. The van der Waals surface area contributed by atoms with Gasteiger partial charge in [0.15, 0.2) is 5.82 Å². The number of likely N-dealkylation sites (tertiary alicyclic amines) is 1. The third kappa shape index (κ3) is 3.08. The summed E-state index contributed by atoms with van der Waals surface area (Å²) in [4.78, 5) is 6.65. The molecule has 1 N–H and O–H groups in total. The van der Waals surface area contributed by atoms with Gasteiger partial charge in [0, 0.05) is 18.5 Å². The molecule has 2 aliphatic rings. The van der Waals surface area contributed by atoms with Crippen molar-refractivity contribution >= 4 is 0 Å². The highest BCUT2D eigenvalue weighted by molar-refractivity contribution is 5.10. The van der Waals surface area contributed by atoms with E-state index in [9.17, 15) is 5.11 Å². The second kappa shape index (κ2) is 5.93. The van der Waals surface area contributed by atoms with Gasteiger partial charge in [-0.25, -0.2) is 4.68 Å². The second-order valence-electron chi connectivity index (χ2n) is 7.35. The van der Waals surface area contributed by atoms with E-state index in [4.69, 9.17) is 4.52 Å². The van der Waals surface area contributed by atoms with Gasteiger partial charge in [-0.1, -0.05) is 10.4 Å². The van der Waals surface area contributed by atoms with E-state index in [1.807, 2.05) is 20.0 Å². The molecule has 0 bridgehead atoms. The number of rotatable bonds is 5. The smallest absolute Gasteiger partial charge is 0.229 e. The quantitative estimate of drug-likeness (QED) is 0.889. The first-order valence-electron chi connectivity index (χ1n) is 8.73. The number of piperidine rings is 1. The van der Waals surface area contributed by atoms with Gasteiger partial charge in [-0.2, -0.15) is 4.98 Å². The topological polar surface area (TPSA) is 93.1 Å². The molecule has 1 atom stereocenters. The van der Waals surface area contributed by atoms with E-state index in [0.29, 0.717) is 36.9 Å². The summed E-state index contributed by atoms with van der Waals surface area (Å²) in [6, 6.07) is 0.231. The number of nitrogens with zero attached hydrogens (tertiary/aromatic N) is 6. The minimum absolute atomic E-state index is 0.231. The average molecular weight is 332 g/mol. The van der Waals surface area contributed by atoms with Crippen molar-refractivity contribution < 1.29 is 9.63 Å². The highest BCUT2D eigenvalue weighted by Crippen LogP contribution is 2.39. The molecular formula is C16H24N6O2. The highest BCUT2D eigenvalue weighted by atomic mass is 16.5. The van der Waals surface area contributed by atoms with Crippen LogP contribution in [0.3, 0.4) is 0 Å². The Balaban J connectivity index is 1.45. The van der Waals surface area contributed by atoms with Gasteiger partial charge in [-0.05, 0) is 46.1 Å². The lowest BCUT2D eigenvalue weighted by Crippen LogP contribution is -2.46. The molecule has 1 aliphatic heterocycles. The molecule has 0 aromatic carbocycles. The van der Waals surface area contributed by atoms with Crippen molar-refractivity contribution in [3.8, 4) is 0 Å². The van der Waals surface area contributed by atoms with E-state index < -0.39 is 5.60 Å². The summed E-state index contributed by atoms with van der Waals surface area (Å²) in [5, 5.41) is 23.5. The third-order valence-corrected chi connectivity index (χ3v) is 4.84. The molecule has 2 fully saturated rings. The molecular weight excluding hydrogens is 308 g/mol. The fourth-order valence-electron chi connectivity index (χ4n) is 3.24. The minimum Gasteiger partial charge on any atom is -0.382 e. The molecule has 1 saturated heterocycles. The van der Waals surface area contributed by atoms with Crippen LogP contribution in [0.5, 0.6) is 0 Å². The van der Waals surface area contributed by atoms with Crippen molar-refractivity contribution in [2.45, 2.75) is 63.6 Å². The maximum atomic E-state index is 11.1. The fraction of sp³-hybridized carbons (Fsp3) is 0.750. The van der Waals surface area contributed by atoms with Crippen LogP contribution in [0.2, 0.25) is 0 Å². The Labute approximate surface area is 140 Å². The van der Waals surface area contributed by atoms with Crippen LogP contribution in [0.25, 0.3) is 0 Å². The molecule has 130 valence electrons. The van der Waals surface area contributed by atoms with Crippen LogP contribution in [0.15, 0.2) is 10.7 Å². The van der Waals surface area contributed by atoms with Gasteiger partial charge in [0.25, 0.3) is 0 Å². The Morgan fingerprint density at radius 2 is 2.25 bits per heavy atom. The Hall–Kier alpha value is -1.80. The predicted octanol–water partition coefficient (Wildman–Crippen LogP) is 1.60. The fourth-order valence-corrected chi connectivity index (χ4v) is 3.24. The first-order valence-corrected chi connectivity index (χ1v) is 8.73. The monoisotopic (exact) mass is 332 g/mol. The van der Waals surface area contributed by atoms with Crippen LogP contribution < -0.4 is 0 Å².